The summed E-state index contributed by atoms with van der Waals surface area (Å²) in [4.78, 5) is 13.2. The molecular weight excluding hydrogens is 290 g/mol. The van der Waals surface area contributed by atoms with Gasteiger partial charge in [0.25, 0.3) is 0 Å². The van der Waals surface area contributed by atoms with Gasteiger partial charge in [-0.05, 0) is 36.2 Å². The van der Waals surface area contributed by atoms with Gasteiger partial charge >= 0.3 is 5.63 Å². The van der Waals surface area contributed by atoms with E-state index in [1.54, 1.807) is 17.0 Å². The molecule has 5 nitrogen and oxygen atoms in total. The molecule has 0 amide bonds. The van der Waals surface area contributed by atoms with E-state index in [4.69, 9.17) is 15.6 Å². The van der Waals surface area contributed by atoms with Gasteiger partial charge < -0.3 is 10.2 Å². The Morgan fingerprint density at radius 1 is 1.17 bits per heavy atom. The number of hydrogen-bond donors (Lipinski definition) is 2. The van der Waals surface area contributed by atoms with E-state index in [9.17, 15) is 4.79 Å². The molecule has 0 spiro atoms. The minimum absolute atomic E-state index is 0.141. The number of nitrogens with one attached hydrogen (secondary N) is 1. The van der Waals surface area contributed by atoms with Crippen molar-refractivity contribution in [3.8, 4) is 0 Å². The van der Waals surface area contributed by atoms with Crippen LogP contribution in [0, 0.1) is 5.41 Å². The van der Waals surface area contributed by atoms with E-state index in [0.29, 0.717) is 11.3 Å². The van der Waals surface area contributed by atoms with Crippen LogP contribution >= 0.6 is 0 Å². The van der Waals surface area contributed by atoms with Crippen molar-refractivity contribution < 1.29 is 4.42 Å². The van der Waals surface area contributed by atoms with Gasteiger partial charge in [-0.1, -0.05) is 31.2 Å². The van der Waals surface area contributed by atoms with E-state index in [2.05, 4.69) is 6.92 Å². The third-order valence-electron chi connectivity index (χ3n) is 3.69. The van der Waals surface area contributed by atoms with Crippen molar-refractivity contribution in [2.45, 2.75) is 13.3 Å². The Hall–Kier alpha value is -3.08. The lowest BCUT2D eigenvalue weighted by molar-refractivity contribution is 0.561. The smallest absolute Gasteiger partial charge is 0.336 e. The van der Waals surface area contributed by atoms with Crippen LogP contribution in [-0.2, 0) is 6.42 Å². The van der Waals surface area contributed by atoms with Crippen molar-refractivity contribution in [3.05, 3.63) is 70.6 Å². The Kier molecular flexibility index (Phi) is 3.85. The summed E-state index contributed by atoms with van der Waals surface area (Å²) in [6.45, 7) is 2.06. The molecule has 23 heavy (non-hydrogen) atoms. The average molecular weight is 307 g/mol. The Balaban J connectivity index is 2.25. The zero-order valence-electron chi connectivity index (χ0n) is 12.7. The molecule has 0 saturated carbocycles. The van der Waals surface area contributed by atoms with Gasteiger partial charge in [-0.25, -0.2) is 4.79 Å². The van der Waals surface area contributed by atoms with Crippen LogP contribution in [0.5, 0.6) is 0 Å². The molecule has 0 atom stereocenters. The number of nitrogens with zero attached hydrogens (tertiary/aromatic N) is 1. The molecule has 3 N–H and O–H groups in total. The van der Waals surface area contributed by atoms with E-state index in [1.807, 2.05) is 36.4 Å². The fraction of sp³-hybridized carbons (Fsp3) is 0.111. The maximum atomic E-state index is 11.6. The van der Waals surface area contributed by atoms with Gasteiger partial charge in [0.15, 0.2) is 11.5 Å². The quantitative estimate of drug-likeness (QED) is 0.441. The molecule has 0 fully saturated rings. The number of guanidine groups is 1. The van der Waals surface area contributed by atoms with Crippen molar-refractivity contribution in [1.29, 1.82) is 5.41 Å². The van der Waals surface area contributed by atoms with Gasteiger partial charge in [-0.15, -0.1) is 0 Å². The number of nitrogens with two attached hydrogens (primary N) is 1. The summed E-state index contributed by atoms with van der Waals surface area (Å²) in [7, 11) is 0. The van der Waals surface area contributed by atoms with Gasteiger partial charge in [0, 0.05) is 17.1 Å². The van der Waals surface area contributed by atoms with Crippen LogP contribution in [0.3, 0.4) is 0 Å². The lowest BCUT2D eigenvalue weighted by Gasteiger charge is -2.24. The first kappa shape index (κ1) is 14.8. The second-order valence-electron chi connectivity index (χ2n) is 5.19. The molecule has 0 radical (unpaired) electrons. The first-order chi connectivity index (χ1) is 11.1. The number of aryl methyl sites for hydroxylation is 1. The predicted octanol–water partition coefficient (Wildman–Crippen LogP) is 3.39. The molecule has 116 valence electrons. The maximum absolute atomic E-state index is 11.6. The number of fused-ring (bicyclic) bond motifs is 1. The maximum Gasteiger partial charge on any atom is 0.336 e. The Labute approximate surface area is 133 Å². The molecule has 3 aromatic rings. The number of hydrogen-bond acceptors (Lipinski definition) is 3. The third-order valence-corrected chi connectivity index (χ3v) is 3.69. The second kappa shape index (κ2) is 5.96. The van der Waals surface area contributed by atoms with Gasteiger partial charge in [0.1, 0.15) is 0 Å². The summed E-state index contributed by atoms with van der Waals surface area (Å²) in [5, 5.41) is 8.74. The normalized spacial score (nSPS) is 10.7. The average Bonchev–Trinajstić information content (AvgIpc) is 2.55. The van der Waals surface area contributed by atoms with Crippen LogP contribution in [0.1, 0.15) is 12.5 Å². The first-order valence-corrected chi connectivity index (χ1v) is 7.36. The summed E-state index contributed by atoms with van der Waals surface area (Å²) in [6.07, 6.45) is 0.879. The summed E-state index contributed by atoms with van der Waals surface area (Å²) in [5.74, 6) is -0.141. The van der Waals surface area contributed by atoms with E-state index in [1.165, 1.54) is 6.07 Å². The molecule has 3 rings (SSSR count). The molecule has 0 unspecified atom stereocenters. The predicted molar refractivity (Wildman–Crippen MR) is 92.4 cm³/mol. The van der Waals surface area contributed by atoms with Crippen LogP contribution in [0.15, 0.2) is 63.8 Å². The fourth-order valence-electron chi connectivity index (χ4n) is 2.58. The highest BCUT2D eigenvalue weighted by molar-refractivity contribution is 6.06. The van der Waals surface area contributed by atoms with E-state index >= 15 is 0 Å². The van der Waals surface area contributed by atoms with Crippen LogP contribution in [-0.4, -0.2) is 5.96 Å². The zero-order valence-corrected chi connectivity index (χ0v) is 12.7. The SMILES string of the molecule is CCc1cccc(N(C(=N)N)c2cccc3ccc(=O)oc23)c1. The van der Waals surface area contributed by atoms with Crippen molar-refractivity contribution >= 4 is 28.3 Å². The number of rotatable bonds is 3. The molecule has 0 saturated heterocycles. The highest BCUT2D eigenvalue weighted by Crippen LogP contribution is 2.31. The standard InChI is InChI=1S/C18H17N3O2/c1-2-12-5-3-7-14(11-12)21(18(19)20)15-8-4-6-13-9-10-16(22)23-17(13)15/h3-11H,2H2,1H3,(H3,19,20). The molecule has 2 aromatic carbocycles. The van der Waals surface area contributed by atoms with E-state index in [0.717, 1.165) is 23.1 Å². The highest BCUT2D eigenvalue weighted by atomic mass is 16.4. The largest absolute Gasteiger partial charge is 0.420 e. The van der Waals surface area contributed by atoms with Crippen LogP contribution in [0.25, 0.3) is 11.0 Å². The second-order valence-corrected chi connectivity index (χ2v) is 5.19. The summed E-state index contributed by atoms with van der Waals surface area (Å²) >= 11 is 0. The Bertz CT molecular complexity index is 931. The van der Waals surface area contributed by atoms with Crippen LogP contribution in [0.4, 0.5) is 11.4 Å². The lowest BCUT2D eigenvalue weighted by atomic mass is 10.1. The Morgan fingerprint density at radius 2 is 1.96 bits per heavy atom. The summed E-state index contributed by atoms with van der Waals surface area (Å²) < 4.78 is 5.35. The number of anilines is 2. The molecule has 0 aliphatic heterocycles. The van der Waals surface area contributed by atoms with E-state index in [-0.39, 0.29) is 5.96 Å². The minimum Gasteiger partial charge on any atom is -0.420 e. The molecular formula is C18H17N3O2. The van der Waals surface area contributed by atoms with Crippen molar-refractivity contribution in [1.82, 2.24) is 0 Å². The molecule has 1 heterocycles. The molecule has 0 aliphatic rings. The fourth-order valence-corrected chi connectivity index (χ4v) is 2.58. The van der Waals surface area contributed by atoms with Gasteiger partial charge in [0.2, 0.25) is 0 Å². The zero-order chi connectivity index (χ0) is 16.4. The van der Waals surface area contributed by atoms with Crippen molar-refractivity contribution in [3.63, 3.8) is 0 Å². The molecule has 0 bridgehead atoms. The molecule has 1 aromatic heterocycles. The van der Waals surface area contributed by atoms with E-state index < -0.39 is 5.63 Å². The molecule has 0 aliphatic carbocycles. The first-order valence-electron chi connectivity index (χ1n) is 7.36. The monoisotopic (exact) mass is 307 g/mol. The van der Waals surface area contributed by atoms with Gasteiger partial charge in [-0.3, -0.25) is 10.3 Å². The van der Waals surface area contributed by atoms with Crippen LogP contribution in [0.2, 0.25) is 0 Å². The number of benzene rings is 2. The topological polar surface area (TPSA) is 83.3 Å². The third kappa shape index (κ3) is 2.81. The van der Waals surface area contributed by atoms with Crippen molar-refractivity contribution in [2.75, 3.05) is 4.90 Å². The summed E-state index contributed by atoms with van der Waals surface area (Å²) in [5.41, 5.74) is 8.26. The Morgan fingerprint density at radius 3 is 2.70 bits per heavy atom. The highest BCUT2D eigenvalue weighted by Gasteiger charge is 2.17. The van der Waals surface area contributed by atoms with Crippen molar-refractivity contribution in [2.24, 2.45) is 5.73 Å². The summed E-state index contributed by atoms with van der Waals surface area (Å²) in [6, 6.07) is 16.3. The van der Waals surface area contributed by atoms with Gasteiger partial charge in [0.05, 0.1) is 5.69 Å². The minimum atomic E-state index is -0.434. The molecule has 5 heteroatoms. The lowest BCUT2D eigenvalue weighted by Crippen LogP contribution is -2.32. The number of para-hydroxylation sites is 1. The van der Waals surface area contributed by atoms with Gasteiger partial charge in [-0.2, -0.15) is 0 Å². The van der Waals surface area contributed by atoms with Crippen LogP contribution < -0.4 is 16.3 Å².